The summed E-state index contributed by atoms with van der Waals surface area (Å²) in [5.41, 5.74) is 2.20. The number of nitrogens with zero attached hydrogens (tertiary/aromatic N) is 2. The molecular weight excluding hydrogens is 272 g/mol. The van der Waals surface area contributed by atoms with Crippen molar-refractivity contribution in [3.8, 4) is 5.69 Å². The van der Waals surface area contributed by atoms with Crippen LogP contribution < -0.4 is 0 Å². The molecule has 0 N–H and O–H groups in total. The Morgan fingerprint density at radius 2 is 2.15 bits per heavy atom. The Hall–Kier alpha value is -1.75. The molecule has 1 atom stereocenters. The molecule has 2 rings (SSSR count). The van der Waals surface area contributed by atoms with Crippen molar-refractivity contribution in [2.45, 2.75) is 12.7 Å². The van der Waals surface area contributed by atoms with Crippen LogP contribution in [0.2, 0.25) is 0 Å². The molecule has 0 aliphatic carbocycles. The van der Waals surface area contributed by atoms with Crippen LogP contribution in [0.1, 0.15) is 12.5 Å². The fraction of sp³-hybridized carbons (Fsp3) is 0.333. The quantitative estimate of drug-likeness (QED) is 0.767. The van der Waals surface area contributed by atoms with Crippen molar-refractivity contribution >= 4 is 17.7 Å². The highest BCUT2D eigenvalue weighted by Crippen LogP contribution is 2.17. The minimum Gasteiger partial charge on any atom is -0.469 e. The number of aromatic nitrogens is 2. The van der Waals surface area contributed by atoms with Gasteiger partial charge in [-0.15, -0.1) is 0 Å². The Morgan fingerprint density at radius 1 is 1.40 bits per heavy atom. The summed E-state index contributed by atoms with van der Waals surface area (Å²) < 4.78 is 6.57. The van der Waals surface area contributed by atoms with Crippen molar-refractivity contribution < 1.29 is 9.53 Å². The van der Waals surface area contributed by atoms with Gasteiger partial charge in [-0.2, -0.15) is 16.9 Å². The van der Waals surface area contributed by atoms with Crippen molar-refractivity contribution in [3.05, 3.63) is 48.3 Å². The predicted molar refractivity (Wildman–Crippen MR) is 80.9 cm³/mol. The van der Waals surface area contributed by atoms with E-state index in [2.05, 4.69) is 5.10 Å². The van der Waals surface area contributed by atoms with E-state index >= 15 is 0 Å². The molecule has 1 aromatic heterocycles. The molecule has 20 heavy (non-hydrogen) atoms. The van der Waals surface area contributed by atoms with Crippen LogP contribution in [0.5, 0.6) is 0 Å². The van der Waals surface area contributed by atoms with Gasteiger partial charge in [0.05, 0.1) is 24.9 Å². The van der Waals surface area contributed by atoms with E-state index in [1.165, 1.54) is 7.11 Å². The monoisotopic (exact) mass is 290 g/mol. The molecule has 1 aromatic carbocycles. The molecule has 0 aliphatic heterocycles. The second kappa shape index (κ2) is 7.14. The van der Waals surface area contributed by atoms with E-state index in [4.69, 9.17) is 4.74 Å². The van der Waals surface area contributed by atoms with Crippen LogP contribution in [0, 0.1) is 5.92 Å². The molecule has 0 radical (unpaired) electrons. The minimum absolute atomic E-state index is 0.0748. The largest absolute Gasteiger partial charge is 0.469 e. The van der Waals surface area contributed by atoms with Gasteiger partial charge in [0.2, 0.25) is 0 Å². The molecule has 0 aliphatic rings. The molecular formula is C15H18N2O2S. The van der Waals surface area contributed by atoms with Crippen molar-refractivity contribution in [3.63, 3.8) is 0 Å². The minimum atomic E-state index is -0.155. The molecule has 1 heterocycles. The lowest BCUT2D eigenvalue weighted by atomic mass is 10.2. The van der Waals surface area contributed by atoms with Crippen LogP contribution >= 0.6 is 11.8 Å². The van der Waals surface area contributed by atoms with Gasteiger partial charge in [-0.05, 0) is 12.1 Å². The highest BCUT2D eigenvalue weighted by atomic mass is 32.2. The number of ether oxygens (including phenoxy) is 1. The molecule has 2 aromatic rings. The number of hydrogen-bond acceptors (Lipinski definition) is 4. The van der Waals surface area contributed by atoms with Gasteiger partial charge in [0.15, 0.2) is 0 Å². The van der Waals surface area contributed by atoms with E-state index < -0.39 is 0 Å². The maximum atomic E-state index is 11.3. The van der Waals surface area contributed by atoms with Crippen LogP contribution in [0.15, 0.2) is 42.7 Å². The third-order valence-corrected chi connectivity index (χ3v) is 4.17. The third kappa shape index (κ3) is 3.87. The van der Waals surface area contributed by atoms with E-state index in [9.17, 15) is 4.79 Å². The topological polar surface area (TPSA) is 44.1 Å². The molecule has 0 fully saturated rings. The van der Waals surface area contributed by atoms with Crippen LogP contribution in [0.3, 0.4) is 0 Å². The number of esters is 1. The van der Waals surface area contributed by atoms with Crippen LogP contribution in [0.4, 0.5) is 0 Å². The van der Waals surface area contributed by atoms with Gasteiger partial charge in [0.25, 0.3) is 0 Å². The zero-order chi connectivity index (χ0) is 14.4. The number of thioether (sulfide) groups is 1. The summed E-state index contributed by atoms with van der Waals surface area (Å²) in [7, 11) is 1.42. The van der Waals surface area contributed by atoms with E-state index in [0.29, 0.717) is 0 Å². The van der Waals surface area contributed by atoms with Crippen molar-refractivity contribution in [1.82, 2.24) is 9.78 Å². The van der Waals surface area contributed by atoms with Gasteiger partial charge >= 0.3 is 5.97 Å². The first-order chi connectivity index (χ1) is 9.70. The van der Waals surface area contributed by atoms with E-state index in [0.717, 1.165) is 22.8 Å². The number of para-hydroxylation sites is 1. The second-order valence-electron chi connectivity index (χ2n) is 4.57. The van der Waals surface area contributed by atoms with Crippen LogP contribution in [-0.2, 0) is 15.3 Å². The van der Waals surface area contributed by atoms with Crippen molar-refractivity contribution in [1.29, 1.82) is 0 Å². The number of rotatable bonds is 6. The summed E-state index contributed by atoms with van der Waals surface area (Å²) in [4.78, 5) is 11.3. The highest BCUT2D eigenvalue weighted by molar-refractivity contribution is 7.98. The summed E-state index contributed by atoms with van der Waals surface area (Å²) in [6.07, 6.45) is 3.88. The fourth-order valence-electron chi connectivity index (χ4n) is 1.78. The molecule has 1 unspecified atom stereocenters. The Morgan fingerprint density at radius 3 is 2.85 bits per heavy atom. The summed E-state index contributed by atoms with van der Waals surface area (Å²) in [6, 6.07) is 10.00. The maximum absolute atomic E-state index is 11.3. The van der Waals surface area contributed by atoms with E-state index in [-0.39, 0.29) is 11.9 Å². The van der Waals surface area contributed by atoms with Gasteiger partial charge in [-0.25, -0.2) is 4.68 Å². The highest BCUT2D eigenvalue weighted by Gasteiger charge is 2.12. The molecule has 0 amide bonds. The lowest BCUT2D eigenvalue weighted by Gasteiger charge is -2.07. The van der Waals surface area contributed by atoms with Gasteiger partial charge in [0.1, 0.15) is 0 Å². The Balaban J connectivity index is 1.86. The summed E-state index contributed by atoms with van der Waals surface area (Å²) >= 11 is 1.71. The first kappa shape index (κ1) is 14.7. The number of carbonyl (C=O) groups is 1. The first-order valence-corrected chi connectivity index (χ1v) is 7.60. The number of methoxy groups -OCH3 is 1. The van der Waals surface area contributed by atoms with E-state index in [1.54, 1.807) is 11.8 Å². The summed E-state index contributed by atoms with van der Waals surface area (Å²) in [6.45, 7) is 1.88. The van der Waals surface area contributed by atoms with Crippen molar-refractivity contribution in [2.75, 3.05) is 12.9 Å². The van der Waals surface area contributed by atoms with E-state index in [1.807, 2.05) is 54.3 Å². The van der Waals surface area contributed by atoms with Crippen LogP contribution in [0.25, 0.3) is 5.69 Å². The Kier molecular flexibility index (Phi) is 5.24. The predicted octanol–water partition coefficient (Wildman–Crippen LogP) is 2.91. The normalized spacial score (nSPS) is 12.1. The molecule has 5 heteroatoms. The average Bonchev–Trinajstić information content (AvgIpc) is 2.96. The molecule has 0 bridgehead atoms. The lowest BCUT2D eigenvalue weighted by molar-refractivity contribution is -0.143. The van der Waals surface area contributed by atoms with Gasteiger partial charge in [-0.1, -0.05) is 25.1 Å². The molecule has 0 saturated heterocycles. The smallest absolute Gasteiger partial charge is 0.309 e. The second-order valence-corrected chi connectivity index (χ2v) is 5.60. The molecule has 0 saturated carbocycles. The zero-order valence-electron chi connectivity index (χ0n) is 11.7. The number of hydrogen-bond donors (Lipinski definition) is 0. The standard InChI is InChI=1S/C15H18N2O2S/c1-12(15(18)19-2)10-20-11-13-8-16-17(9-13)14-6-4-3-5-7-14/h3-9,12H,10-11H2,1-2H3. The Bertz CT molecular complexity index is 554. The summed E-state index contributed by atoms with van der Waals surface area (Å²) in [5, 5.41) is 4.35. The number of carbonyl (C=O) groups excluding carboxylic acids is 1. The van der Waals surface area contributed by atoms with Gasteiger partial charge < -0.3 is 4.74 Å². The zero-order valence-corrected chi connectivity index (χ0v) is 12.5. The van der Waals surface area contributed by atoms with Gasteiger partial charge in [0, 0.05) is 23.3 Å². The van der Waals surface area contributed by atoms with Crippen LogP contribution in [-0.4, -0.2) is 28.6 Å². The summed E-state index contributed by atoms with van der Waals surface area (Å²) in [5.74, 6) is 1.36. The Labute approximate surface area is 123 Å². The third-order valence-electron chi connectivity index (χ3n) is 2.90. The molecule has 4 nitrogen and oxygen atoms in total. The van der Waals surface area contributed by atoms with Crippen molar-refractivity contribution in [2.24, 2.45) is 5.92 Å². The molecule has 0 spiro atoms. The number of benzene rings is 1. The SMILES string of the molecule is COC(=O)C(C)CSCc1cnn(-c2ccccc2)c1. The first-order valence-electron chi connectivity index (χ1n) is 6.45. The van der Waals surface area contributed by atoms with Gasteiger partial charge in [-0.3, -0.25) is 4.79 Å². The maximum Gasteiger partial charge on any atom is 0.309 e. The lowest BCUT2D eigenvalue weighted by Crippen LogP contribution is -2.14. The average molecular weight is 290 g/mol. The molecule has 106 valence electrons. The fourth-order valence-corrected chi connectivity index (χ4v) is 2.77.